The van der Waals surface area contributed by atoms with Gasteiger partial charge in [0.05, 0.1) is 17.5 Å². The number of aryl methyl sites for hydroxylation is 3. The summed E-state index contributed by atoms with van der Waals surface area (Å²) in [5.74, 6) is 0. The number of rotatable bonds is 6. The summed E-state index contributed by atoms with van der Waals surface area (Å²) < 4.78 is 0. The first kappa shape index (κ1) is 20.2. The van der Waals surface area contributed by atoms with Gasteiger partial charge in [-0.25, -0.2) is 0 Å². The van der Waals surface area contributed by atoms with E-state index < -0.39 is 0 Å². The van der Waals surface area contributed by atoms with Gasteiger partial charge in [0, 0.05) is 25.3 Å². The van der Waals surface area contributed by atoms with Crippen LogP contribution in [0, 0.1) is 13.8 Å². The first-order valence-electron chi connectivity index (χ1n) is 8.67. The summed E-state index contributed by atoms with van der Waals surface area (Å²) in [5, 5.41) is 10.5. The molecule has 23 heavy (non-hydrogen) atoms. The van der Waals surface area contributed by atoms with E-state index in [9.17, 15) is 5.11 Å². The van der Waals surface area contributed by atoms with E-state index in [1.54, 1.807) is 0 Å². The molecule has 2 heterocycles. The lowest BCUT2D eigenvalue weighted by Gasteiger charge is -2.30. The first-order chi connectivity index (χ1) is 10.5. The predicted octanol–water partition coefficient (Wildman–Crippen LogP) is 2.97. The SMILES string of the molecule is CCN(CC)CC(O)CN1CCCCc2nc(C)c(C)cc21.Cl. The van der Waals surface area contributed by atoms with Crippen LogP contribution >= 0.6 is 12.4 Å². The van der Waals surface area contributed by atoms with Crippen LogP contribution in [0.15, 0.2) is 6.07 Å². The quantitative estimate of drug-likeness (QED) is 0.863. The largest absolute Gasteiger partial charge is 0.390 e. The fourth-order valence-electron chi connectivity index (χ4n) is 3.20. The number of halogens is 1. The van der Waals surface area contributed by atoms with Crippen molar-refractivity contribution in [3.63, 3.8) is 0 Å². The Morgan fingerprint density at radius 2 is 1.96 bits per heavy atom. The van der Waals surface area contributed by atoms with Gasteiger partial charge < -0.3 is 14.9 Å². The lowest BCUT2D eigenvalue weighted by atomic mass is 10.1. The minimum absolute atomic E-state index is 0. The monoisotopic (exact) mass is 341 g/mol. The van der Waals surface area contributed by atoms with Gasteiger partial charge in [-0.05, 0) is 57.8 Å². The van der Waals surface area contributed by atoms with Crippen molar-refractivity contribution in [2.45, 2.75) is 53.1 Å². The summed E-state index contributed by atoms with van der Waals surface area (Å²) in [7, 11) is 0. The molecule has 0 radical (unpaired) electrons. The molecule has 5 heteroatoms. The van der Waals surface area contributed by atoms with Crippen molar-refractivity contribution in [3.8, 4) is 0 Å². The molecule has 1 N–H and O–H groups in total. The zero-order valence-corrected chi connectivity index (χ0v) is 15.8. The summed E-state index contributed by atoms with van der Waals surface area (Å²) in [6.07, 6.45) is 3.10. The van der Waals surface area contributed by atoms with E-state index in [1.165, 1.54) is 29.8 Å². The van der Waals surface area contributed by atoms with E-state index in [-0.39, 0.29) is 18.5 Å². The number of aliphatic hydroxyl groups is 1. The number of pyridine rings is 1. The average Bonchev–Trinajstić information content (AvgIpc) is 2.68. The molecular weight excluding hydrogens is 310 g/mol. The van der Waals surface area contributed by atoms with Crippen molar-refractivity contribution < 1.29 is 5.11 Å². The maximum Gasteiger partial charge on any atom is 0.0841 e. The lowest BCUT2D eigenvalue weighted by Crippen LogP contribution is -2.40. The van der Waals surface area contributed by atoms with Crippen molar-refractivity contribution in [2.75, 3.05) is 37.6 Å². The number of nitrogens with zero attached hydrogens (tertiary/aromatic N) is 3. The van der Waals surface area contributed by atoms with E-state index in [0.717, 1.165) is 38.3 Å². The van der Waals surface area contributed by atoms with E-state index >= 15 is 0 Å². The molecule has 1 atom stereocenters. The maximum absolute atomic E-state index is 10.5. The van der Waals surface area contributed by atoms with Gasteiger partial charge in [0.15, 0.2) is 0 Å². The standard InChI is InChI=1S/C18H31N3O.ClH/c1-5-20(6-2)12-16(22)13-21-10-8-7-9-17-18(21)11-14(3)15(4)19-17;/h11,16,22H,5-10,12-13H2,1-4H3;1H. The Kier molecular flexibility index (Phi) is 8.31. The number of likely N-dealkylation sites (N-methyl/N-ethyl adjacent to an activating group) is 1. The summed E-state index contributed by atoms with van der Waals surface area (Å²) in [4.78, 5) is 9.41. The molecule has 1 aliphatic rings. The van der Waals surface area contributed by atoms with Crippen LogP contribution < -0.4 is 4.90 Å². The number of aliphatic hydroxyl groups excluding tert-OH is 1. The third-order valence-electron chi connectivity index (χ3n) is 4.75. The lowest BCUT2D eigenvalue weighted by molar-refractivity contribution is 0.122. The molecule has 2 rings (SSSR count). The Morgan fingerprint density at radius 3 is 2.61 bits per heavy atom. The predicted molar refractivity (Wildman–Crippen MR) is 99.9 cm³/mol. The second kappa shape index (κ2) is 9.45. The van der Waals surface area contributed by atoms with Crippen molar-refractivity contribution >= 4 is 18.1 Å². The third-order valence-corrected chi connectivity index (χ3v) is 4.75. The van der Waals surface area contributed by atoms with Crippen LogP contribution in [0.3, 0.4) is 0 Å². The molecule has 0 aromatic carbocycles. The van der Waals surface area contributed by atoms with Crippen LogP contribution in [-0.4, -0.2) is 53.8 Å². The number of anilines is 1. The van der Waals surface area contributed by atoms with Crippen LogP contribution in [0.2, 0.25) is 0 Å². The van der Waals surface area contributed by atoms with Crippen LogP contribution in [-0.2, 0) is 6.42 Å². The average molecular weight is 342 g/mol. The molecule has 0 fully saturated rings. The third kappa shape index (κ3) is 5.33. The molecule has 1 aliphatic heterocycles. The van der Waals surface area contributed by atoms with Crippen molar-refractivity contribution in [1.82, 2.24) is 9.88 Å². The zero-order valence-electron chi connectivity index (χ0n) is 15.0. The maximum atomic E-state index is 10.5. The second-order valence-corrected chi connectivity index (χ2v) is 6.40. The molecule has 0 bridgehead atoms. The zero-order chi connectivity index (χ0) is 16.1. The van der Waals surface area contributed by atoms with Gasteiger partial charge in [-0.2, -0.15) is 0 Å². The van der Waals surface area contributed by atoms with E-state index in [0.29, 0.717) is 6.54 Å². The molecule has 1 unspecified atom stereocenters. The number of aromatic nitrogens is 1. The number of fused-ring (bicyclic) bond motifs is 1. The van der Waals surface area contributed by atoms with Crippen molar-refractivity contribution in [3.05, 3.63) is 23.0 Å². The molecule has 0 amide bonds. The van der Waals surface area contributed by atoms with Crippen molar-refractivity contribution in [2.24, 2.45) is 0 Å². The van der Waals surface area contributed by atoms with Crippen molar-refractivity contribution in [1.29, 1.82) is 0 Å². The molecule has 1 aromatic rings. The van der Waals surface area contributed by atoms with Gasteiger partial charge in [0.25, 0.3) is 0 Å². The highest BCUT2D eigenvalue weighted by Crippen LogP contribution is 2.27. The minimum atomic E-state index is -0.313. The summed E-state index contributed by atoms with van der Waals surface area (Å²) in [6, 6.07) is 2.26. The Labute approximate surface area is 147 Å². The molecule has 4 nitrogen and oxygen atoms in total. The molecule has 0 saturated carbocycles. The van der Waals surface area contributed by atoms with E-state index in [1.807, 2.05) is 0 Å². The smallest absolute Gasteiger partial charge is 0.0841 e. The Hall–Kier alpha value is -0.840. The van der Waals surface area contributed by atoms with Gasteiger partial charge in [0.2, 0.25) is 0 Å². The van der Waals surface area contributed by atoms with Gasteiger partial charge in [-0.15, -0.1) is 12.4 Å². The van der Waals surface area contributed by atoms with Gasteiger partial charge in [0.1, 0.15) is 0 Å². The van der Waals surface area contributed by atoms with Gasteiger partial charge in [-0.1, -0.05) is 13.8 Å². The van der Waals surface area contributed by atoms with Gasteiger partial charge >= 0.3 is 0 Å². The number of hydrogen-bond donors (Lipinski definition) is 1. The Balaban J connectivity index is 0.00000264. The molecule has 1 aromatic heterocycles. The molecule has 0 spiro atoms. The van der Waals surface area contributed by atoms with Crippen LogP contribution in [0.25, 0.3) is 0 Å². The highest BCUT2D eigenvalue weighted by molar-refractivity contribution is 5.85. The molecule has 0 aliphatic carbocycles. The van der Waals surface area contributed by atoms with Crippen LogP contribution in [0.5, 0.6) is 0 Å². The normalized spacial score (nSPS) is 15.8. The Bertz CT molecular complexity index is 491. The fraction of sp³-hybridized carbons (Fsp3) is 0.722. The molecule has 132 valence electrons. The van der Waals surface area contributed by atoms with Gasteiger partial charge in [-0.3, -0.25) is 4.98 Å². The highest BCUT2D eigenvalue weighted by Gasteiger charge is 2.20. The summed E-state index contributed by atoms with van der Waals surface area (Å²) in [6.45, 7) is 12.9. The molecule has 0 saturated heterocycles. The van der Waals surface area contributed by atoms with E-state index in [2.05, 4.69) is 43.6 Å². The molecular formula is C18H32ClN3O. The topological polar surface area (TPSA) is 39.6 Å². The van der Waals surface area contributed by atoms with Crippen LogP contribution in [0.4, 0.5) is 5.69 Å². The Morgan fingerprint density at radius 1 is 1.26 bits per heavy atom. The van der Waals surface area contributed by atoms with Crippen LogP contribution in [0.1, 0.15) is 43.6 Å². The highest BCUT2D eigenvalue weighted by atomic mass is 35.5. The first-order valence-corrected chi connectivity index (χ1v) is 8.67. The number of hydrogen-bond acceptors (Lipinski definition) is 4. The summed E-state index contributed by atoms with van der Waals surface area (Å²) in [5.41, 5.74) is 4.81. The minimum Gasteiger partial charge on any atom is -0.390 e. The summed E-state index contributed by atoms with van der Waals surface area (Å²) >= 11 is 0. The van der Waals surface area contributed by atoms with E-state index in [4.69, 9.17) is 4.98 Å². The fourth-order valence-corrected chi connectivity index (χ4v) is 3.20. The second-order valence-electron chi connectivity index (χ2n) is 6.40. The number of β-amino-alcohol motifs (C(OH)–C–C–N with tert-alkyl or cyclic N) is 1.